The molecule has 0 amide bonds. The number of hydrogen-bond donors (Lipinski definition) is 1. The lowest BCUT2D eigenvalue weighted by molar-refractivity contribution is 0.456. The van der Waals surface area contributed by atoms with Gasteiger partial charge in [0.15, 0.2) is 0 Å². The molecule has 1 aromatic rings. The summed E-state index contributed by atoms with van der Waals surface area (Å²) in [5.41, 5.74) is 7.22. The van der Waals surface area contributed by atoms with E-state index in [4.69, 9.17) is 5.73 Å². The number of aromatic nitrogens is 1. The molecule has 1 rings (SSSR count). The zero-order valence-electron chi connectivity index (χ0n) is 8.40. The average Bonchev–Trinajstić information content (AvgIpc) is 2.15. The Bertz CT molecular complexity index is 281. The summed E-state index contributed by atoms with van der Waals surface area (Å²) < 4.78 is 0.851. The van der Waals surface area contributed by atoms with Crippen LogP contribution in [0.25, 0.3) is 0 Å². The van der Waals surface area contributed by atoms with E-state index in [9.17, 15) is 0 Å². The highest BCUT2D eigenvalue weighted by Crippen LogP contribution is 2.22. The van der Waals surface area contributed by atoms with Crippen molar-refractivity contribution >= 4 is 28.3 Å². The first-order valence-corrected chi connectivity index (χ1v) is 5.31. The van der Waals surface area contributed by atoms with Gasteiger partial charge in [0.2, 0.25) is 0 Å². The van der Waals surface area contributed by atoms with Crippen LogP contribution in [-0.4, -0.2) is 4.98 Å². The molecule has 14 heavy (non-hydrogen) atoms. The van der Waals surface area contributed by atoms with Gasteiger partial charge in [-0.1, -0.05) is 20.3 Å². The molecule has 0 aliphatic rings. The molecule has 1 unspecified atom stereocenters. The first-order valence-electron chi connectivity index (χ1n) is 4.52. The Kier molecular flexibility index (Phi) is 6.33. The minimum Gasteiger partial charge on any atom is -0.324 e. The zero-order valence-corrected chi connectivity index (χ0v) is 10.8. The standard InChI is InChI=1S/C10H15BrN2.ClH/c1-3-7(2)10(12)8-4-5-13-9(11)6-8;/h4-7,10H,3,12H2,1-2H3;1H/t7?,10-;/m0./s1. The summed E-state index contributed by atoms with van der Waals surface area (Å²) in [6, 6.07) is 4.07. The van der Waals surface area contributed by atoms with Crippen molar-refractivity contribution in [1.29, 1.82) is 0 Å². The van der Waals surface area contributed by atoms with Crippen LogP contribution in [0.15, 0.2) is 22.9 Å². The van der Waals surface area contributed by atoms with Crippen molar-refractivity contribution in [3.05, 3.63) is 28.5 Å². The van der Waals surface area contributed by atoms with E-state index in [-0.39, 0.29) is 18.4 Å². The monoisotopic (exact) mass is 278 g/mol. The van der Waals surface area contributed by atoms with E-state index in [1.165, 1.54) is 0 Å². The molecular formula is C10H16BrClN2. The van der Waals surface area contributed by atoms with Gasteiger partial charge in [-0.15, -0.1) is 12.4 Å². The summed E-state index contributed by atoms with van der Waals surface area (Å²) in [6.45, 7) is 4.32. The van der Waals surface area contributed by atoms with Gasteiger partial charge in [-0.3, -0.25) is 0 Å². The SMILES string of the molecule is CCC(C)[C@H](N)c1ccnc(Br)c1.Cl. The van der Waals surface area contributed by atoms with Crippen LogP contribution in [0.3, 0.4) is 0 Å². The highest BCUT2D eigenvalue weighted by Gasteiger charge is 2.12. The van der Waals surface area contributed by atoms with Crippen molar-refractivity contribution in [3.63, 3.8) is 0 Å². The van der Waals surface area contributed by atoms with Crippen LogP contribution < -0.4 is 5.73 Å². The molecule has 4 heteroatoms. The van der Waals surface area contributed by atoms with E-state index < -0.39 is 0 Å². The minimum atomic E-state index is 0. The number of nitrogens with two attached hydrogens (primary N) is 1. The van der Waals surface area contributed by atoms with Gasteiger partial charge in [-0.05, 0) is 39.5 Å². The van der Waals surface area contributed by atoms with Crippen molar-refractivity contribution in [3.8, 4) is 0 Å². The summed E-state index contributed by atoms with van der Waals surface area (Å²) in [4.78, 5) is 4.07. The quantitative estimate of drug-likeness (QED) is 0.862. The van der Waals surface area contributed by atoms with E-state index in [0.717, 1.165) is 16.6 Å². The summed E-state index contributed by atoms with van der Waals surface area (Å²) >= 11 is 3.33. The number of nitrogens with zero attached hydrogens (tertiary/aromatic N) is 1. The molecule has 0 aliphatic heterocycles. The van der Waals surface area contributed by atoms with Gasteiger partial charge in [0, 0.05) is 12.2 Å². The lowest BCUT2D eigenvalue weighted by atomic mass is 9.94. The third kappa shape index (κ3) is 3.56. The Labute approximate surface area is 99.8 Å². The number of hydrogen-bond acceptors (Lipinski definition) is 2. The smallest absolute Gasteiger partial charge is 0.106 e. The molecule has 0 fully saturated rings. The highest BCUT2D eigenvalue weighted by atomic mass is 79.9. The van der Waals surface area contributed by atoms with Crippen LogP contribution in [-0.2, 0) is 0 Å². The van der Waals surface area contributed by atoms with E-state index in [2.05, 4.69) is 34.8 Å². The molecule has 0 radical (unpaired) electrons. The average molecular weight is 280 g/mol. The largest absolute Gasteiger partial charge is 0.324 e. The maximum Gasteiger partial charge on any atom is 0.106 e. The highest BCUT2D eigenvalue weighted by molar-refractivity contribution is 9.10. The third-order valence-corrected chi connectivity index (χ3v) is 2.83. The molecule has 0 saturated carbocycles. The Morgan fingerprint density at radius 1 is 1.57 bits per heavy atom. The second kappa shape index (κ2) is 6.38. The van der Waals surface area contributed by atoms with Crippen molar-refractivity contribution in [2.75, 3.05) is 0 Å². The molecule has 1 aromatic heterocycles. The molecular weight excluding hydrogens is 263 g/mol. The maximum absolute atomic E-state index is 6.07. The Balaban J connectivity index is 0.00000169. The molecule has 1 heterocycles. The number of halogens is 2. The van der Waals surface area contributed by atoms with E-state index in [1.54, 1.807) is 6.20 Å². The van der Waals surface area contributed by atoms with E-state index in [1.807, 2.05) is 12.1 Å². The Hall–Kier alpha value is -0.120. The van der Waals surface area contributed by atoms with Crippen molar-refractivity contribution in [2.45, 2.75) is 26.3 Å². The van der Waals surface area contributed by atoms with Crippen LogP contribution in [0.1, 0.15) is 31.9 Å². The molecule has 0 aliphatic carbocycles. The third-order valence-electron chi connectivity index (χ3n) is 2.39. The molecule has 0 bridgehead atoms. The fourth-order valence-electron chi connectivity index (χ4n) is 1.21. The molecule has 0 spiro atoms. The van der Waals surface area contributed by atoms with Crippen LogP contribution in [0.5, 0.6) is 0 Å². The molecule has 80 valence electrons. The normalized spacial score (nSPS) is 14.3. The van der Waals surface area contributed by atoms with Crippen LogP contribution in [0.2, 0.25) is 0 Å². The van der Waals surface area contributed by atoms with Crippen molar-refractivity contribution in [2.24, 2.45) is 11.7 Å². The predicted octanol–water partition coefficient (Wildman–Crippen LogP) is 3.31. The summed E-state index contributed by atoms with van der Waals surface area (Å²) in [5, 5.41) is 0. The van der Waals surface area contributed by atoms with Gasteiger partial charge < -0.3 is 5.73 Å². The second-order valence-corrected chi connectivity index (χ2v) is 4.14. The summed E-state index contributed by atoms with van der Waals surface area (Å²) in [6.07, 6.45) is 2.88. The topological polar surface area (TPSA) is 38.9 Å². The van der Waals surface area contributed by atoms with Gasteiger partial charge in [0.05, 0.1) is 0 Å². The predicted molar refractivity (Wildman–Crippen MR) is 65.6 cm³/mol. The Morgan fingerprint density at radius 2 is 2.21 bits per heavy atom. The van der Waals surface area contributed by atoms with Gasteiger partial charge in [0.1, 0.15) is 4.60 Å². The maximum atomic E-state index is 6.07. The van der Waals surface area contributed by atoms with Gasteiger partial charge >= 0.3 is 0 Å². The summed E-state index contributed by atoms with van der Waals surface area (Å²) in [7, 11) is 0. The lowest BCUT2D eigenvalue weighted by Crippen LogP contribution is -2.18. The lowest BCUT2D eigenvalue weighted by Gasteiger charge is -2.18. The van der Waals surface area contributed by atoms with Gasteiger partial charge in [-0.25, -0.2) is 4.98 Å². The van der Waals surface area contributed by atoms with Gasteiger partial charge in [-0.2, -0.15) is 0 Å². The number of pyridine rings is 1. The van der Waals surface area contributed by atoms with Gasteiger partial charge in [0.25, 0.3) is 0 Å². The molecule has 2 atom stereocenters. The fourth-order valence-corrected chi connectivity index (χ4v) is 1.59. The molecule has 2 N–H and O–H groups in total. The second-order valence-electron chi connectivity index (χ2n) is 3.32. The first kappa shape index (κ1) is 13.9. The fraction of sp³-hybridized carbons (Fsp3) is 0.500. The van der Waals surface area contributed by atoms with Crippen molar-refractivity contribution in [1.82, 2.24) is 4.98 Å². The summed E-state index contributed by atoms with van der Waals surface area (Å²) in [5.74, 6) is 0.509. The van der Waals surface area contributed by atoms with Crippen LogP contribution in [0.4, 0.5) is 0 Å². The van der Waals surface area contributed by atoms with Crippen molar-refractivity contribution < 1.29 is 0 Å². The van der Waals surface area contributed by atoms with Crippen LogP contribution in [0, 0.1) is 5.92 Å². The molecule has 0 aromatic carbocycles. The minimum absolute atomic E-state index is 0. The number of rotatable bonds is 3. The molecule has 2 nitrogen and oxygen atoms in total. The van der Waals surface area contributed by atoms with E-state index >= 15 is 0 Å². The van der Waals surface area contributed by atoms with E-state index in [0.29, 0.717) is 5.92 Å². The zero-order chi connectivity index (χ0) is 9.84. The molecule has 0 saturated heterocycles. The van der Waals surface area contributed by atoms with Crippen LogP contribution >= 0.6 is 28.3 Å². The Morgan fingerprint density at radius 3 is 2.71 bits per heavy atom. The first-order chi connectivity index (χ1) is 6.15.